The van der Waals surface area contributed by atoms with Gasteiger partial charge in [0.05, 0.1) is 11.0 Å². The molecule has 1 unspecified atom stereocenters. The van der Waals surface area contributed by atoms with Crippen molar-refractivity contribution >= 4 is 11.9 Å². The summed E-state index contributed by atoms with van der Waals surface area (Å²) in [4.78, 5) is 37.2. The highest BCUT2D eigenvalue weighted by molar-refractivity contribution is 6.00. The van der Waals surface area contributed by atoms with E-state index < -0.39 is 16.4 Å². The van der Waals surface area contributed by atoms with Crippen LogP contribution in [0.15, 0.2) is 64.3 Å². The van der Waals surface area contributed by atoms with Gasteiger partial charge in [-0.2, -0.15) is 0 Å². The van der Waals surface area contributed by atoms with Gasteiger partial charge in [0.2, 0.25) is 0 Å². The molecule has 3 saturated heterocycles. The summed E-state index contributed by atoms with van der Waals surface area (Å²) >= 11 is 0. The van der Waals surface area contributed by atoms with Gasteiger partial charge in [-0.1, -0.05) is 93.4 Å². The first kappa shape index (κ1) is 40.7. The molecule has 17 rings (SSSR count). The monoisotopic (exact) mass is 880 g/mol. The molecule has 16 aliphatic rings. The molecule has 346 valence electrons. The van der Waals surface area contributed by atoms with Crippen molar-refractivity contribution in [3.63, 3.8) is 0 Å². The van der Waals surface area contributed by atoms with Gasteiger partial charge in [-0.05, 0) is 148 Å². The summed E-state index contributed by atoms with van der Waals surface area (Å²) in [6, 6.07) is 7.13. The number of esters is 2. The second-order valence-electron chi connectivity index (χ2n) is 24.4. The smallest absolute Gasteiger partial charge is 0.339 e. The van der Waals surface area contributed by atoms with Crippen LogP contribution in [-0.2, 0) is 26.3 Å². The number of fused-ring (bicyclic) bond motifs is 3. The van der Waals surface area contributed by atoms with E-state index in [0.29, 0.717) is 84.6 Å². The second-order valence-corrected chi connectivity index (χ2v) is 24.4. The summed E-state index contributed by atoms with van der Waals surface area (Å²) < 4.78 is 14.4. The third-order valence-corrected chi connectivity index (χ3v) is 21.8. The predicted octanol–water partition coefficient (Wildman–Crippen LogP) is 10.4. The topological polar surface area (TPSA) is 105 Å². The van der Waals surface area contributed by atoms with Gasteiger partial charge in [0, 0.05) is 61.2 Å². The molecule has 9 aliphatic heterocycles. The van der Waals surface area contributed by atoms with Crippen LogP contribution in [0.5, 0.6) is 0 Å². The average molecular weight is 880 g/mol. The molecule has 14 atom stereocenters. The standard InChI is InChI=1S/C57H73N3O5/c1-32-23-39-18-19-45-40-24-34-29-59(31-40)41(25-33-9-3-2-4-10-33)28-46(61)52-55-21-20-42-49(51(39)60(45)30-34)43(32)26-38-17-16-37(35-11-5-6-12-35)27-47(56(55,50(38)42)54(63)64-52)57(55)44-15-7-13-36(14-8-22-58)48(44)53(62)65-57/h7,13,15-17,32-35,37-38,40-41,43,45,47,49,61H,2-6,8-12,14,18-31,58H2,1H3/b17-16-,52-46+/t32-,34+,37-,38-,40-,41-,43-,45+,47+,49+,55-,56-,57-/m1/s1. The van der Waals surface area contributed by atoms with E-state index in [4.69, 9.17) is 15.2 Å². The lowest BCUT2D eigenvalue weighted by molar-refractivity contribution is -0.282. The zero-order valence-electron chi connectivity index (χ0n) is 39.0. The molecule has 7 aliphatic carbocycles. The summed E-state index contributed by atoms with van der Waals surface area (Å²) in [5, 5.41) is 13.4. The van der Waals surface area contributed by atoms with E-state index in [1.54, 1.807) is 11.3 Å². The maximum Gasteiger partial charge on any atom is 0.339 e. The molecule has 65 heavy (non-hydrogen) atoms. The fourth-order valence-corrected chi connectivity index (χ4v) is 19.6. The van der Waals surface area contributed by atoms with E-state index in [9.17, 15) is 5.11 Å². The molecular weight excluding hydrogens is 807 g/mol. The first-order valence-electron chi connectivity index (χ1n) is 27.1. The number of aliphatic hydroxyl groups excluding tert-OH is 1. The van der Waals surface area contributed by atoms with Gasteiger partial charge in [0.1, 0.15) is 11.2 Å². The maximum atomic E-state index is 16.3. The first-order valence-corrected chi connectivity index (χ1v) is 27.1. The number of allylic oxidation sites excluding steroid dienone is 4. The molecule has 9 heterocycles. The lowest BCUT2D eigenvalue weighted by Crippen LogP contribution is -2.78. The highest BCUT2D eigenvalue weighted by Crippen LogP contribution is 2.88. The van der Waals surface area contributed by atoms with E-state index in [1.807, 2.05) is 0 Å². The van der Waals surface area contributed by atoms with Crippen LogP contribution in [0.1, 0.15) is 157 Å². The van der Waals surface area contributed by atoms with E-state index in [0.717, 1.165) is 62.9 Å². The third-order valence-electron chi connectivity index (χ3n) is 21.8. The number of hydrogen-bond acceptors (Lipinski definition) is 8. The first-order chi connectivity index (χ1) is 31.8. The number of carbonyl (C=O) groups is 2. The second kappa shape index (κ2) is 14.6. The molecule has 1 aromatic carbocycles. The number of ether oxygens (including phenoxy) is 2. The van der Waals surface area contributed by atoms with Crippen molar-refractivity contribution in [2.24, 2.45) is 75.7 Å². The highest BCUT2D eigenvalue weighted by atomic mass is 16.6. The van der Waals surface area contributed by atoms with Crippen molar-refractivity contribution in [3.05, 3.63) is 81.0 Å². The molecule has 6 fully saturated rings. The zero-order chi connectivity index (χ0) is 43.6. The van der Waals surface area contributed by atoms with Gasteiger partial charge in [-0.15, -0.1) is 0 Å². The van der Waals surface area contributed by atoms with Crippen LogP contribution in [0.3, 0.4) is 0 Å². The fourth-order valence-electron chi connectivity index (χ4n) is 19.6. The van der Waals surface area contributed by atoms with Crippen LogP contribution >= 0.6 is 0 Å². The third kappa shape index (κ3) is 5.18. The Balaban J connectivity index is 1.05. The highest BCUT2D eigenvalue weighted by Gasteiger charge is 2.94. The molecule has 8 heteroatoms. The number of rotatable bonds is 6. The molecule has 3 N–H and O–H groups in total. The van der Waals surface area contributed by atoms with Gasteiger partial charge in [0.15, 0.2) is 11.4 Å². The minimum Gasteiger partial charge on any atom is -0.509 e. The Bertz CT molecular complexity index is 2350. The Morgan fingerprint density at radius 1 is 0.908 bits per heavy atom. The molecular formula is C57H73N3O5. The van der Waals surface area contributed by atoms with E-state index >= 15 is 9.59 Å². The average Bonchev–Trinajstić information content (AvgIpc) is 4.02. The van der Waals surface area contributed by atoms with E-state index in [2.05, 4.69) is 47.1 Å². The minimum absolute atomic E-state index is 0.114. The van der Waals surface area contributed by atoms with Crippen molar-refractivity contribution in [1.29, 1.82) is 0 Å². The Labute approximate surface area is 386 Å². The maximum absolute atomic E-state index is 16.3. The van der Waals surface area contributed by atoms with Gasteiger partial charge < -0.3 is 25.2 Å². The number of nitrogens with zero attached hydrogens (tertiary/aromatic N) is 2. The van der Waals surface area contributed by atoms with Gasteiger partial charge in [-0.3, -0.25) is 9.69 Å². The quantitative estimate of drug-likeness (QED) is 0.215. The number of hydrogen-bond donors (Lipinski definition) is 2. The Kier molecular flexibility index (Phi) is 9.12. The number of aryl methyl sites for hydroxylation is 1. The Hall–Kier alpha value is -3.36. The molecule has 12 bridgehead atoms. The molecule has 0 radical (unpaired) electrons. The van der Waals surface area contributed by atoms with Crippen molar-refractivity contribution < 1.29 is 24.2 Å². The van der Waals surface area contributed by atoms with Crippen LogP contribution < -0.4 is 5.73 Å². The number of aliphatic hydroxyl groups is 1. The molecule has 8 nitrogen and oxygen atoms in total. The van der Waals surface area contributed by atoms with Gasteiger partial charge in [-0.25, -0.2) is 4.79 Å². The van der Waals surface area contributed by atoms with Crippen LogP contribution in [0.4, 0.5) is 0 Å². The van der Waals surface area contributed by atoms with Crippen molar-refractivity contribution in [3.8, 4) is 0 Å². The molecule has 0 aromatic heterocycles. The predicted molar refractivity (Wildman–Crippen MR) is 249 cm³/mol. The van der Waals surface area contributed by atoms with E-state index in [1.165, 1.54) is 94.6 Å². The number of carbonyl (C=O) groups excluding carboxylic acids is 2. The summed E-state index contributed by atoms with van der Waals surface area (Å²) in [5.74, 6) is 4.26. The lowest BCUT2D eigenvalue weighted by atomic mass is 9.27. The minimum atomic E-state index is -1.12. The Morgan fingerprint density at radius 2 is 1.75 bits per heavy atom. The summed E-state index contributed by atoms with van der Waals surface area (Å²) in [6.07, 6.45) is 27.9. The van der Waals surface area contributed by atoms with Gasteiger partial charge in [0.25, 0.3) is 0 Å². The lowest BCUT2D eigenvalue weighted by Gasteiger charge is -2.73. The van der Waals surface area contributed by atoms with Crippen LogP contribution in [0, 0.1) is 70.0 Å². The van der Waals surface area contributed by atoms with Crippen LogP contribution in [-0.4, -0.2) is 65.1 Å². The largest absolute Gasteiger partial charge is 0.509 e. The molecule has 3 saturated carbocycles. The zero-order valence-corrected chi connectivity index (χ0v) is 39.0. The summed E-state index contributed by atoms with van der Waals surface area (Å²) in [6.45, 7) is 6.42. The van der Waals surface area contributed by atoms with Gasteiger partial charge >= 0.3 is 11.9 Å². The number of benzene rings is 1. The normalized spacial score (nSPS) is 46.2. The van der Waals surface area contributed by atoms with E-state index in [-0.39, 0.29) is 41.5 Å². The number of nitrogens with two attached hydrogens (primary N) is 1. The SMILES string of the molecule is C[C@@H]1CC2=C3[C@H]4C5=C6[C@H](/C=C\[C@@H](C7CCCC7)C[C@H]7[C@]68C(=O)O/C(=C(/O)C[C@@H](CC6CCCCC6)N6C[C@@H]9C[C@H](C6)[C@H](CC2)N3C9)[C@@]8(CC5)[C@]72OC(=O)c3c(CCCN)cccc32)C[C@@H]41. The molecule has 3 spiro atoms. The number of piperidine rings is 2. The fraction of sp³-hybridized carbons (Fsp3) is 0.719. The van der Waals surface area contributed by atoms with Crippen molar-refractivity contribution in [2.75, 3.05) is 26.2 Å². The Morgan fingerprint density at radius 3 is 2.60 bits per heavy atom. The summed E-state index contributed by atoms with van der Waals surface area (Å²) in [7, 11) is 0. The van der Waals surface area contributed by atoms with Crippen molar-refractivity contribution in [1.82, 2.24) is 9.80 Å². The molecule has 0 amide bonds. The summed E-state index contributed by atoms with van der Waals surface area (Å²) in [5.41, 5.74) is 11.9. The van der Waals surface area contributed by atoms with Crippen molar-refractivity contribution in [2.45, 2.75) is 159 Å². The molecule has 1 aromatic rings. The van der Waals surface area contributed by atoms with Crippen LogP contribution in [0.25, 0.3) is 0 Å². The van der Waals surface area contributed by atoms with Crippen LogP contribution in [0.2, 0.25) is 0 Å².